The molecule has 2 aliphatic heterocycles. The molecule has 0 radical (unpaired) electrons. The maximum Gasteiger partial charge on any atom is 0.325 e. The maximum atomic E-state index is 12.9. The Balaban J connectivity index is 1.71. The lowest BCUT2D eigenvalue weighted by Crippen LogP contribution is -2.43. The standard InChI is InChI=1S/C21H31N3O5S/c1-3-4-5-6-10-21(2)19(25)24(20(26)22-21)16-17-8-7-9-18(15-17)30(27,28)23-11-13-29-14-12-23/h7-9,15H,3-6,10-14,16H2,1-2H3,(H,22,26). The van der Waals surface area contributed by atoms with Gasteiger partial charge in [-0.1, -0.05) is 44.7 Å². The number of rotatable bonds is 9. The summed E-state index contributed by atoms with van der Waals surface area (Å²) >= 11 is 0. The van der Waals surface area contributed by atoms with Crippen molar-refractivity contribution in [2.45, 2.75) is 62.9 Å². The summed E-state index contributed by atoms with van der Waals surface area (Å²) < 4.78 is 32.4. The van der Waals surface area contributed by atoms with Gasteiger partial charge in [0.15, 0.2) is 0 Å². The van der Waals surface area contributed by atoms with Crippen molar-refractivity contribution in [2.24, 2.45) is 0 Å². The van der Waals surface area contributed by atoms with Crippen molar-refractivity contribution in [3.63, 3.8) is 0 Å². The Morgan fingerprint density at radius 3 is 2.57 bits per heavy atom. The molecule has 0 aromatic heterocycles. The predicted octanol–water partition coefficient (Wildman–Crippen LogP) is 2.49. The second-order valence-corrected chi connectivity index (χ2v) is 10.1. The quantitative estimate of drug-likeness (QED) is 0.473. The Morgan fingerprint density at radius 1 is 1.13 bits per heavy atom. The number of urea groups is 1. The lowest BCUT2D eigenvalue weighted by molar-refractivity contribution is -0.131. The molecule has 0 spiro atoms. The molecule has 2 heterocycles. The highest BCUT2D eigenvalue weighted by molar-refractivity contribution is 7.89. The number of morpholine rings is 1. The lowest BCUT2D eigenvalue weighted by atomic mass is 9.94. The highest BCUT2D eigenvalue weighted by Crippen LogP contribution is 2.26. The van der Waals surface area contributed by atoms with Crippen LogP contribution in [0.15, 0.2) is 29.2 Å². The van der Waals surface area contributed by atoms with Gasteiger partial charge >= 0.3 is 6.03 Å². The number of imide groups is 1. The molecule has 3 rings (SSSR count). The van der Waals surface area contributed by atoms with Gasteiger partial charge in [-0.25, -0.2) is 13.2 Å². The molecule has 2 saturated heterocycles. The molecule has 1 unspecified atom stereocenters. The summed E-state index contributed by atoms with van der Waals surface area (Å²) in [4.78, 5) is 26.8. The Kier molecular flexibility index (Phi) is 7.15. The molecule has 30 heavy (non-hydrogen) atoms. The Hall–Kier alpha value is -1.97. The van der Waals surface area contributed by atoms with Crippen molar-refractivity contribution in [3.8, 4) is 0 Å². The van der Waals surface area contributed by atoms with Crippen LogP contribution in [0, 0.1) is 0 Å². The van der Waals surface area contributed by atoms with Crippen molar-refractivity contribution < 1.29 is 22.7 Å². The smallest absolute Gasteiger partial charge is 0.325 e. The molecule has 2 fully saturated rings. The van der Waals surface area contributed by atoms with Gasteiger partial charge in [-0.15, -0.1) is 0 Å². The molecule has 9 heteroatoms. The van der Waals surface area contributed by atoms with Gasteiger partial charge in [0.25, 0.3) is 5.91 Å². The van der Waals surface area contributed by atoms with Crippen LogP contribution in [-0.4, -0.2) is 61.4 Å². The first-order chi connectivity index (χ1) is 14.3. The second-order valence-electron chi connectivity index (χ2n) is 8.13. The molecule has 8 nitrogen and oxygen atoms in total. The van der Waals surface area contributed by atoms with E-state index in [1.54, 1.807) is 25.1 Å². The molecule has 0 saturated carbocycles. The maximum absolute atomic E-state index is 12.9. The van der Waals surface area contributed by atoms with Crippen LogP contribution < -0.4 is 5.32 Å². The van der Waals surface area contributed by atoms with E-state index < -0.39 is 21.6 Å². The molecule has 1 aromatic rings. The number of amides is 3. The fourth-order valence-corrected chi connectivity index (χ4v) is 5.37. The van der Waals surface area contributed by atoms with E-state index in [4.69, 9.17) is 4.74 Å². The number of sulfonamides is 1. The van der Waals surface area contributed by atoms with Crippen molar-refractivity contribution >= 4 is 22.0 Å². The van der Waals surface area contributed by atoms with Crippen LogP contribution in [0.4, 0.5) is 4.79 Å². The topological polar surface area (TPSA) is 96.0 Å². The predicted molar refractivity (Wildman–Crippen MR) is 112 cm³/mol. The van der Waals surface area contributed by atoms with Crippen LogP contribution in [-0.2, 0) is 26.1 Å². The third-order valence-corrected chi connectivity index (χ3v) is 7.62. The molecule has 0 aliphatic carbocycles. The lowest BCUT2D eigenvalue weighted by Gasteiger charge is -2.26. The molecule has 0 bridgehead atoms. The van der Waals surface area contributed by atoms with Crippen LogP contribution in [0.25, 0.3) is 0 Å². The van der Waals surface area contributed by atoms with E-state index in [9.17, 15) is 18.0 Å². The summed E-state index contributed by atoms with van der Waals surface area (Å²) in [5.74, 6) is -0.259. The highest BCUT2D eigenvalue weighted by atomic mass is 32.2. The number of carbonyl (C=O) groups excluding carboxylic acids is 2. The third-order valence-electron chi connectivity index (χ3n) is 5.72. The summed E-state index contributed by atoms with van der Waals surface area (Å²) in [6.07, 6.45) is 4.70. The Labute approximate surface area is 178 Å². The second kappa shape index (κ2) is 9.45. The fourth-order valence-electron chi connectivity index (χ4n) is 3.89. The van der Waals surface area contributed by atoms with Crippen LogP contribution in [0.1, 0.15) is 51.5 Å². The molecule has 166 valence electrons. The van der Waals surface area contributed by atoms with Gasteiger partial charge < -0.3 is 10.1 Å². The van der Waals surface area contributed by atoms with Gasteiger partial charge in [0, 0.05) is 13.1 Å². The van der Waals surface area contributed by atoms with Crippen molar-refractivity contribution in [2.75, 3.05) is 26.3 Å². The number of hydrogen-bond donors (Lipinski definition) is 1. The van der Waals surface area contributed by atoms with E-state index in [1.807, 2.05) is 0 Å². The van der Waals surface area contributed by atoms with Gasteiger partial charge in [0.05, 0.1) is 24.7 Å². The number of hydrogen-bond acceptors (Lipinski definition) is 5. The summed E-state index contributed by atoms with van der Waals surface area (Å²) in [5, 5.41) is 2.82. The van der Waals surface area contributed by atoms with E-state index in [0.29, 0.717) is 38.3 Å². The average molecular weight is 438 g/mol. The number of carbonyl (C=O) groups is 2. The van der Waals surface area contributed by atoms with E-state index in [1.165, 1.54) is 15.3 Å². The van der Waals surface area contributed by atoms with Crippen molar-refractivity contribution in [1.82, 2.24) is 14.5 Å². The summed E-state index contributed by atoms with van der Waals surface area (Å²) in [7, 11) is -3.64. The van der Waals surface area contributed by atoms with Crippen molar-refractivity contribution in [1.29, 1.82) is 0 Å². The zero-order valence-electron chi connectivity index (χ0n) is 17.7. The Morgan fingerprint density at radius 2 is 1.87 bits per heavy atom. The Bertz CT molecular complexity index is 882. The van der Waals surface area contributed by atoms with Gasteiger partial charge in [-0.3, -0.25) is 9.69 Å². The molecular weight excluding hydrogens is 406 g/mol. The van der Waals surface area contributed by atoms with E-state index in [-0.39, 0.29) is 17.3 Å². The SMILES string of the molecule is CCCCCCC1(C)NC(=O)N(Cc2cccc(S(=O)(=O)N3CCOCC3)c2)C1=O. The van der Waals surface area contributed by atoms with E-state index in [0.717, 1.165) is 25.7 Å². The minimum absolute atomic E-state index is 0.0433. The zero-order chi connectivity index (χ0) is 21.8. The first kappa shape index (κ1) is 22.7. The summed E-state index contributed by atoms with van der Waals surface area (Å²) in [6, 6.07) is 6.03. The molecular formula is C21H31N3O5S. The molecule has 3 amide bonds. The monoisotopic (exact) mass is 437 g/mol. The van der Waals surface area contributed by atoms with Gasteiger partial charge in [0.2, 0.25) is 10.0 Å². The minimum atomic E-state index is -3.64. The average Bonchev–Trinajstić information content (AvgIpc) is 2.95. The highest BCUT2D eigenvalue weighted by Gasteiger charge is 2.47. The first-order valence-corrected chi connectivity index (χ1v) is 12.0. The van der Waals surface area contributed by atoms with Crippen LogP contribution in [0.5, 0.6) is 0 Å². The van der Waals surface area contributed by atoms with Crippen LogP contribution >= 0.6 is 0 Å². The molecule has 2 aliphatic rings. The summed E-state index contributed by atoms with van der Waals surface area (Å²) in [5.41, 5.74) is -0.300. The molecule has 1 aromatic carbocycles. The largest absolute Gasteiger partial charge is 0.379 e. The number of benzene rings is 1. The molecule has 1 atom stereocenters. The normalized spacial score (nSPS) is 23.1. The fraction of sp³-hybridized carbons (Fsp3) is 0.619. The summed E-state index contributed by atoms with van der Waals surface area (Å²) in [6.45, 7) is 5.31. The number of nitrogens with one attached hydrogen (secondary N) is 1. The number of ether oxygens (including phenoxy) is 1. The third kappa shape index (κ3) is 4.84. The van der Waals surface area contributed by atoms with Gasteiger partial charge in [-0.2, -0.15) is 4.31 Å². The molecule has 1 N–H and O–H groups in total. The van der Waals surface area contributed by atoms with Gasteiger partial charge in [-0.05, 0) is 31.0 Å². The number of nitrogens with zero attached hydrogens (tertiary/aromatic N) is 2. The number of unbranched alkanes of at least 4 members (excludes halogenated alkanes) is 3. The minimum Gasteiger partial charge on any atom is -0.379 e. The zero-order valence-corrected chi connectivity index (χ0v) is 18.5. The van der Waals surface area contributed by atoms with E-state index >= 15 is 0 Å². The van der Waals surface area contributed by atoms with Crippen LogP contribution in [0.2, 0.25) is 0 Å². The van der Waals surface area contributed by atoms with Gasteiger partial charge in [0.1, 0.15) is 5.54 Å². The van der Waals surface area contributed by atoms with Crippen molar-refractivity contribution in [3.05, 3.63) is 29.8 Å². The van der Waals surface area contributed by atoms with Crippen LogP contribution in [0.3, 0.4) is 0 Å². The first-order valence-electron chi connectivity index (χ1n) is 10.6. The van der Waals surface area contributed by atoms with E-state index in [2.05, 4.69) is 12.2 Å².